The Labute approximate surface area is 239 Å². The lowest BCUT2D eigenvalue weighted by molar-refractivity contribution is -0.143. The summed E-state index contributed by atoms with van der Waals surface area (Å²) in [5.74, 6) is 0.749. The van der Waals surface area contributed by atoms with Gasteiger partial charge < -0.3 is 28.1 Å². The van der Waals surface area contributed by atoms with Crippen molar-refractivity contribution in [3.05, 3.63) is 62.5 Å². The number of hydrogen-bond acceptors (Lipinski definition) is 10. The van der Waals surface area contributed by atoms with Gasteiger partial charge in [0.05, 0.1) is 47.4 Å². The first-order valence-corrected chi connectivity index (χ1v) is 13.2. The van der Waals surface area contributed by atoms with Crippen LogP contribution in [0.5, 0.6) is 17.2 Å². The molecule has 3 aromatic rings. The number of aryl methyl sites for hydroxylation is 3. The number of esters is 2. The molecule has 10 nitrogen and oxygen atoms in total. The maximum absolute atomic E-state index is 12.6. The zero-order valence-corrected chi connectivity index (χ0v) is 24.9. The first-order chi connectivity index (χ1) is 19.5. The lowest BCUT2D eigenvalue weighted by Crippen LogP contribution is -2.18. The molecule has 0 fully saturated rings. The van der Waals surface area contributed by atoms with Crippen molar-refractivity contribution in [1.82, 2.24) is 0 Å². The number of carbonyl (C=O) groups is 3. The third-order valence-electron chi connectivity index (χ3n) is 6.04. The smallest absolute Gasteiger partial charge is 0.310 e. The number of carbonyl (C=O) groups excluding carboxylic acids is 3. The third kappa shape index (κ3) is 8.57. The summed E-state index contributed by atoms with van der Waals surface area (Å²) in [5, 5.41) is 0.355. The molecule has 1 aromatic heterocycles. The molecule has 0 aliphatic carbocycles. The largest absolute Gasteiger partial charge is 0.496 e. The van der Waals surface area contributed by atoms with Crippen LogP contribution >= 0.6 is 0 Å². The molecule has 41 heavy (non-hydrogen) atoms. The van der Waals surface area contributed by atoms with Gasteiger partial charge in [0.2, 0.25) is 0 Å². The molecule has 0 saturated heterocycles. The molecule has 2 aromatic carbocycles. The summed E-state index contributed by atoms with van der Waals surface area (Å²) < 4.78 is 31.1. The lowest BCUT2D eigenvalue weighted by Gasteiger charge is -2.13. The van der Waals surface area contributed by atoms with Gasteiger partial charge in [-0.2, -0.15) is 0 Å². The first-order valence-electron chi connectivity index (χ1n) is 13.2. The highest BCUT2D eigenvalue weighted by Gasteiger charge is 2.21. The van der Waals surface area contributed by atoms with Crippen LogP contribution in [-0.4, -0.2) is 52.3 Å². The fraction of sp³-hybridized carbons (Fsp3) is 0.419. The number of Topliss-reactive ketones (excluding diaryl/α,β-unsaturated/α-hetero) is 1. The Morgan fingerprint density at radius 2 is 1.24 bits per heavy atom. The van der Waals surface area contributed by atoms with E-state index in [0.29, 0.717) is 51.7 Å². The Morgan fingerprint density at radius 3 is 1.78 bits per heavy atom. The Hall–Kier alpha value is -4.34. The molecule has 1 heterocycles. The van der Waals surface area contributed by atoms with Crippen LogP contribution in [0.25, 0.3) is 11.0 Å². The molecule has 0 radical (unpaired) electrons. The number of methoxy groups -OCH3 is 3. The van der Waals surface area contributed by atoms with Gasteiger partial charge in [0.25, 0.3) is 0 Å². The van der Waals surface area contributed by atoms with Crippen molar-refractivity contribution in [3.63, 3.8) is 0 Å². The number of ketones is 1. The molecular weight excluding hydrogens is 532 g/mol. The maximum Gasteiger partial charge on any atom is 0.310 e. The predicted octanol–water partition coefficient (Wildman–Crippen LogP) is 5.06. The Morgan fingerprint density at radius 1 is 0.732 bits per heavy atom. The molecule has 0 spiro atoms. The van der Waals surface area contributed by atoms with Crippen molar-refractivity contribution >= 4 is 28.7 Å². The molecule has 0 atom stereocenters. The Bertz CT molecular complexity index is 1430. The molecule has 0 saturated carbocycles. The van der Waals surface area contributed by atoms with Crippen LogP contribution in [0, 0.1) is 20.8 Å². The molecule has 222 valence electrons. The van der Waals surface area contributed by atoms with Gasteiger partial charge in [-0.05, 0) is 70.0 Å². The van der Waals surface area contributed by atoms with E-state index in [9.17, 15) is 19.2 Å². The zero-order chi connectivity index (χ0) is 30.7. The highest BCUT2D eigenvalue weighted by atomic mass is 16.5. The monoisotopic (exact) mass is 570 g/mol. The SMILES string of the molecule is CCOC(=O)CCC(=O)c1c(OC)cc(C)cc1OC.CCOC(=O)Cc1c(C)oc2cc(C)cc(OC)c2c1=O. The van der Waals surface area contributed by atoms with E-state index in [1.807, 2.05) is 13.8 Å². The first kappa shape index (κ1) is 32.9. The van der Waals surface area contributed by atoms with E-state index < -0.39 is 5.97 Å². The normalized spacial score (nSPS) is 10.3. The minimum atomic E-state index is -0.446. The third-order valence-corrected chi connectivity index (χ3v) is 6.04. The molecule has 10 heteroatoms. The number of hydrogen-bond donors (Lipinski definition) is 0. The van der Waals surface area contributed by atoms with Crippen LogP contribution in [0.3, 0.4) is 0 Å². The summed E-state index contributed by atoms with van der Waals surface area (Å²) in [6, 6.07) is 7.07. The van der Waals surface area contributed by atoms with Crippen LogP contribution in [0.2, 0.25) is 0 Å². The number of benzene rings is 2. The van der Waals surface area contributed by atoms with E-state index in [2.05, 4.69) is 0 Å². The van der Waals surface area contributed by atoms with Gasteiger partial charge >= 0.3 is 11.9 Å². The molecule has 0 N–H and O–H groups in total. The minimum absolute atomic E-state index is 0.0485. The van der Waals surface area contributed by atoms with Crippen LogP contribution in [0.1, 0.15) is 59.5 Å². The average molecular weight is 571 g/mol. The van der Waals surface area contributed by atoms with Crippen molar-refractivity contribution in [2.24, 2.45) is 0 Å². The van der Waals surface area contributed by atoms with Crippen molar-refractivity contribution in [2.75, 3.05) is 34.5 Å². The van der Waals surface area contributed by atoms with E-state index >= 15 is 0 Å². The van der Waals surface area contributed by atoms with E-state index in [4.69, 9.17) is 28.1 Å². The van der Waals surface area contributed by atoms with Crippen molar-refractivity contribution < 1.29 is 42.5 Å². The van der Waals surface area contributed by atoms with Gasteiger partial charge in [0, 0.05) is 12.0 Å². The molecule has 0 aliphatic rings. The Kier molecular flexibility index (Phi) is 12.4. The molecule has 0 bridgehead atoms. The molecule has 3 rings (SSSR count). The minimum Gasteiger partial charge on any atom is -0.496 e. The van der Waals surface area contributed by atoms with Gasteiger partial charge in [-0.15, -0.1) is 0 Å². The number of ether oxygens (including phenoxy) is 5. The topological polar surface area (TPSA) is 128 Å². The average Bonchev–Trinajstić information content (AvgIpc) is 2.93. The zero-order valence-electron chi connectivity index (χ0n) is 24.9. The number of rotatable bonds is 11. The van der Waals surface area contributed by atoms with Crippen LogP contribution in [-0.2, 0) is 25.5 Å². The molecule has 0 unspecified atom stereocenters. The standard InChI is InChI=1S/C16H18O5.C15H20O5/c1-5-20-14(17)8-11-10(3)21-13-7-9(2)6-12(19-4)15(13)16(11)18;1-5-20-14(17)7-6-11(16)15-12(18-3)8-10(2)9-13(15)19-4/h6-7H,5,8H2,1-4H3;8-9H,5-7H2,1-4H3. The van der Waals surface area contributed by atoms with E-state index in [0.717, 1.165) is 11.1 Å². The summed E-state index contributed by atoms with van der Waals surface area (Å²) in [6.45, 7) is 9.49. The summed E-state index contributed by atoms with van der Waals surface area (Å²) in [4.78, 5) is 47.8. The van der Waals surface area contributed by atoms with Crippen molar-refractivity contribution in [3.8, 4) is 17.2 Å². The van der Waals surface area contributed by atoms with E-state index in [-0.39, 0.29) is 43.1 Å². The fourth-order valence-electron chi connectivity index (χ4n) is 4.18. The second kappa shape index (κ2) is 15.4. The predicted molar refractivity (Wildman–Crippen MR) is 153 cm³/mol. The lowest BCUT2D eigenvalue weighted by atomic mass is 10.0. The fourth-order valence-corrected chi connectivity index (χ4v) is 4.18. The second-order valence-electron chi connectivity index (χ2n) is 9.06. The van der Waals surface area contributed by atoms with Crippen LogP contribution in [0.4, 0.5) is 0 Å². The van der Waals surface area contributed by atoms with Gasteiger partial charge in [0.15, 0.2) is 11.2 Å². The molecule has 0 amide bonds. The second-order valence-corrected chi connectivity index (χ2v) is 9.06. The highest BCUT2D eigenvalue weighted by Crippen LogP contribution is 2.32. The maximum atomic E-state index is 12.6. The summed E-state index contributed by atoms with van der Waals surface area (Å²) in [6.07, 6.45) is 0.0104. The van der Waals surface area contributed by atoms with E-state index in [1.165, 1.54) is 21.3 Å². The Balaban J connectivity index is 0.000000287. The quantitative estimate of drug-likeness (QED) is 0.228. The summed E-state index contributed by atoms with van der Waals surface area (Å²) in [5.41, 5.74) is 2.74. The molecule has 0 aliphatic heterocycles. The molecular formula is C31H38O10. The van der Waals surface area contributed by atoms with Crippen LogP contribution < -0.4 is 19.6 Å². The van der Waals surface area contributed by atoms with Gasteiger partial charge in [0.1, 0.15) is 39.5 Å². The summed E-state index contributed by atoms with van der Waals surface area (Å²) in [7, 11) is 4.49. The van der Waals surface area contributed by atoms with Gasteiger partial charge in [-0.25, -0.2) is 0 Å². The van der Waals surface area contributed by atoms with Crippen molar-refractivity contribution in [2.45, 2.75) is 53.9 Å². The number of fused-ring (bicyclic) bond motifs is 1. The highest BCUT2D eigenvalue weighted by molar-refractivity contribution is 6.02. The van der Waals surface area contributed by atoms with Crippen LogP contribution in [0.15, 0.2) is 33.5 Å². The van der Waals surface area contributed by atoms with E-state index in [1.54, 1.807) is 45.0 Å². The van der Waals surface area contributed by atoms with Crippen molar-refractivity contribution in [1.29, 1.82) is 0 Å². The van der Waals surface area contributed by atoms with Gasteiger partial charge in [-0.3, -0.25) is 19.2 Å². The van der Waals surface area contributed by atoms with Gasteiger partial charge in [-0.1, -0.05) is 0 Å². The summed E-state index contributed by atoms with van der Waals surface area (Å²) >= 11 is 0.